The first-order valence-electron chi connectivity index (χ1n) is 7.13. The molecule has 0 unspecified atom stereocenters. The van der Waals surface area contributed by atoms with Gasteiger partial charge < -0.3 is 0 Å². The van der Waals surface area contributed by atoms with Gasteiger partial charge in [-0.05, 0) is 73.1 Å². The lowest BCUT2D eigenvalue weighted by atomic mass is 9.46. The van der Waals surface area contributed by atoms with Crippen LogP contribution in [0, 0.1) is 29.1 Å². The lowest BCUT2D eigenvalue weighted by Crippen LogP contribution is -2.48. The highest BCUT2D eigenvalue weighted by Crippen LogP contribution is 2.64. The van der Waals surface area contributed by atoms with E-state index in [2.05, 4.69) is 24.4 Å². The molecule has 4 fully saturated rings. The van der Waals surface area contributed by atoms with E-state index in [9.17, 15) is 0 Å². The van der Waals surface area contributed by atoms with E-state index in [-0.39, 0.29) is 0 Å². The van der Waals surface area contributed by atoms with Gasteiger partial charge >= 0.3 is 0 Å². The average molecular weight is 245 g/mol. The summed E-state index contributed by atoms with van der Waals surface area (Å²) in [5.41, 5.74) is 0.611. The van der Waals surface area contributed by atoms with Gasteiger partial charge in [0.05, 0.1) is 0 Å². The molecule has 1 aromatic rings. The Hall–Kier alpha value is -0.300. The SMILES string of the molecule is C[C](c1cccs1)C12CC3CC(CC(C3)C1)C2. The zero-order valence-corrected chi connectivity index (χ0v) is 11.4. The zero-order chi connectivity index (χ0) is 11.5. The Kier molecular flexibility index (Phi) is 2.25. The summed E-state index contributed by atoms with van der Waals surface area (Å²) in [7, 11) is 0. The number of rotatable bonds is 2. The van der Waals surface area contributed by atoms with E-state index >= 15 is 0 Å². The fraction of sp³-hybridized carbons (Fsp3) is 0.688. The summed E-state index contributed by atoms with van der Waals surface area (Å²) in [5, 5.41) is 2.24. The van der Waals surface area contributed by atoms with E-state index in [4.69, 9.17) is 0 Å². The van der Waals surface area contributed by atoms with E-state index in [1.807, 2.05) is 11.3 Å². The second-order valence-corrected chi connectivity index (χ2v) is 7.75. The van der Waals surface area contributed by atoms with Crippen molar-refractivity contribution >= 4 is 11.3 Å². The lowest BCUT2D eigenvalue weighted by molar-refractivity contribution is -0.0401. The lowest BCUT2D eigenvalue weighted by Gasteiger charge is -2.58. The summed E-state index contributed by atoms with van der Waals surface area (Å²) in [6, 6.07) is 4.54. The number of hydrogen-bond donors (Lipinski definition) is 0. The minimum atomic E-state index is 0.611. The predicted molar refractivity (Wildman–Crippen MR) is 72.9 cm³/mol. The summed E-state index contributed by atoms with van der Waals surface area (Å²) in [6.45, 7) is 2.43. The molecule has 0 atom stereocenters. The Morgan fingerprint density at radius 2 is 1.71 bits per heavy atom. The third-order valence-corrected chi connectivity index (χ3v) is 6.71. The van der Waals surface area contributed by atoms with Crippen molar-refractivity contribution in [2.24, 2.45) is 23.2 Å². The number of thiophene rings is 1. The van der Waals surface area contributed by atoms with Crippen LogP contribution in [0.15, 0.2) is 17.5 Å². The van der Waals surface area contributed by atoms with Crippen LogP contribution in [0.5, 0.6) is 0 Å². The molecular formula is C16H21S. The third-order valence-electron chi connectivity index (χ3n) is 5.72. The van der Waals surface area contributed by atoms with Gasteiger partial charge in [0.1, 0.15) is 0 Å². The van der Waals surface area contributed by atoms with Crippen molar-refractivity contribution in [2.75, 3.05) is 0 Å². The maximum Gasteiger partial charge on any atom is 0.0183 e. The van der Waals surface area contributed by atoms with Crippen molar-refractivity contribution < 1.29 is 0 Å². The summed E-state index contributed by atoms with van der Waals surface area (Å²) in [5.74, 6) is 4.93. The molecule has 0 N–H and O–H groups in total. The Labute approximate surface area is 108 Å². The van der Waals surface area contributed by atoms with E-state index in [1.165, 1.54) is 19.3 Å². The largest absolute Gasteiger partial charge is 0.148 e. The van der Waals surface area contributed by atoms with Crippen molar-refractivity contribution in [3.63, 3.8) is 0 Å². The highest BCUT2D eigenvalue weighted by atomic mass is 32.1. The molecule has 1 radical (unpaired) electrons. The van der Waals surface area contributed by atoms with Crippen molar-refractivity contribution in [3.05, 3.63) is 28.3 Å². The van der Waals surface area contributed by atoms with Crippen LogP contribution in [-0.4, -0.2) is 0 Å². The van der Waals surface area contributed by atoms with Crippen molar-refractivity contribution in [1.82, 2.24) is 0 Å². The van der Waals surface area contributed by atoms with Gasteiger partial charge in [0.15, 0.2) is 0 Å². The van der Waals surface area contributed by atoms with Gasteiger partial charge in [0, 0.05) is 10.8 Å². The quantitative estimate of drug-likeness (QED) is 0.694. The Balaban J connectivity index is 1.68. The summed E-state index contributed by atoms with van der Waals surface area (Å²) in [4.78, 5) is 1.56. The van der Waals surface area contributed by atoms with Crippen LogP contribution in [0.1, 0.15) is 50.3 Å². The van der Waals surface area contributed by atoms with Gasteiger partial charge in [0.2, 0.25) is 0 Å². The van der Waals surface area contributed by atoms with E-state index in [0.717, 1.165) is 17.8 Å². The summed E-state index contributed by atoms with van der Waals surface area (Å²) < 4.78 is 0. The van der Waals surface area contributed by atoms with Crippen LogP contribution in [0.2, 0.25) is 0 Å². The maximum atomic E-state index is 2.43. The molecule has 1 heteroatoms. The first kappa shape index (κ1) is 10.6. The van der Waals surface area contributed by atoms with Gasteiger partial charge in [-0.2, -0.15) is 0 Å². The molecule has 5 rings (SSSR count). The fourth-order valence-corrected chi connectivity index (χ4v) is 6.18. The van der Waals surface area contributed by atoms with Crippen LogP contribution in [0.4, 0.5) is 0 Å². The molecule has 0 aromatic carbocycles. The molecule has 1 heterocycles. The van der Waals surface area contributed by atoms with Gasteiger partial charge in [-0.25, -0.2) is 0 Å². The number of hydrogen-bond acceptors (Lipinski definition) is 1. The topological polar surface area (TPSA) is 0 Å². The highest BCUT2D eigenvalue weighted by Gasteiger charge is 2.53. The molecule has 17 heavy (non-hydrogen) atoms. The van der Waals surface area contributed by atoms with E-state index < -0.39 is 0 Å². The molecule has 0 amide bonds. The van der Waals surface area contributed by atoms with E-state index in [1.54, 1.807) is 30.1 Å². The van der Waals surface area contributed by atoms with Crippen molar-refractivity contribution in [3.8, 4) is 0 Å². The molecule has 4 bridgehead atoms. The predicted octanol–water partition coefficient (Wildman–Crippen LogP) is 4.91. The minimum Gasteiger partial charge on any atom is -0.148 e. The smallest absolute Gasteiger partial charge is 0.0183 e. The molecule has 4 aliphatic carbocycles. The third kappa shape index (κ3) is 1.54. The maximum absolute atomic E-state index is 2.43. The normalized spacial score (nSPS) is 43.5. The summed E-state index contributed by atoms with van der Waals surface area (Å²) in [6.07, 6.45) is 9.17. The standard InChI is InChI=1S/C16H21S/c1-11(15-3-2-4-17-15)16-8-12-5-13(9-16)7-14(6-12)10-16/h2-4,12-14H,5-10H2,1H3. The Morgan fingerprint density at radius 1 is 1.12 bits per heavy atom. The van der Waals surface area contributed by atoms with Gasteiger partial charge in [-0.15, -0.1) is 11.3 Å². The highest BCUT2D eigenvalue weighted by molar-refractivity contribution is 7.10. The van der Waals surface area contributed by atoms with Crippen LogP contribution in [0.25, 0.3) is 0 Å². The minimum absolute atomic E-state index is 0.611. The van der Waals surface area contributed by atoms with Crippen LogP contribution in [-0.2, 0) is 0 Å². The van der Waals surface area contributed by atoms with Gasteiger partial charge in [0.25, 0.3) is 0 Å². The first-order valence-corrected chi connectivity index (χ1v) is 8.01. The van der Waals surface area contributed by atoms with Crippen LogP contribution >= 0.6 is 11.3 Å². The van der Waals surface area contributed by atoms with Crippen LogP contribution in [0.3, 0.4) is 0 Å². The monoisotopic (exact) mass is 245 g/mol. The molecule has 1 aromatic heterocycles. The Bertz CT molecular complexity index is 368. The second kappa shape index (κ2) is 3.60. The van der Waals surface area contributed by atoms with Gasteiger partial charge in [-0.3, -0.25) is 0 Å². The fourth-order valence-electron chi connectivity index (χ4n) is 5.32. The molecule has 91 valence electrons. The van der Waals surface area contributed by atoms with Gasteiger partial charge in [-0.1, -0.05) is 13.0 Å². The molecule has 0 aliphatic heterocycles. The average Bonchev–Trinajstić information content (AvgIpc) is 2.79. The zero-order valence-electron chi connectivity index (χ0n) is 10.6. The summed E-state index contributed by atoms with van der Waals surface area (Å²) >= 11 is 1.94. The van der Waals surface area contributed by atoms with Crippen molar-refractivity contribution in [1.29, 1.82) is 0 Å². The molecule has 0 spiro atoms. The Morgan fingerprint density at radius 3 is 2.18 bits per heavy atom. The molecule has 0 nitrogen and oxygen atoms in total. The molecule has 4 aliphatic rings. The van der Waals surface area contributed by atoms with Crippen molar-refractivity contribution in [2.45, 2.75) is 45.4 Å². The second-order valence-electron chi connectivity index (χ2n) is 6.80. The molecule has 4 saturated carbocycles. The molecule has 0 saturated heterocycles. The van der Waals surface area contributed by atoms with E-state index in [0.29, 0.717) is 5.41 Å². The van der Waals surface area contributed by atoms with Crippen LogP contribution < -0.4 is 0 Å². The molecular weight excluding hydrogens is 224 g/mol. The first-order chi connectivity index (χ1) is 8.25.